The second kappa shape index (κ2) is 8.09. The number of nitrogens with one attached hydrogen (secondary N) is 1. The Morgan fingerprint density at radius 1 is 1.23 bits per heavy atom. The second-order valence-corrected chi connectivity index (χ2v) is 6.56. The van der Waals surface area contributed by atoms with Crippen LogP contribution in [0, 0.1) is 0 Å². The highest BCUT2D eigenvalue weighted by Gasteiger charge is 2.33. The first-order valence-electron chi connectivity index (χ1n) is 8.67. The second-order valence-electron chi connectivity index (χ2n) is 6.56. The van der Waals surface area contributed by atoms with E-state index in [4.69, 9.17) is 4.74 Å². The van der Waals surface area contributed by atoms with Gasteiger partial charge in [0.15, 0.2) is 5.82 Å². The number of aromatic nitrogens is 6. The van der Waals surface area contributed by atoms with Crippen molar-refractivity contribution in [3.05, 3.63) is 54.1 Å². The van der Waals surface area contributed by atoms with E-state index >= 15 is 0 Å². The Hall–Kier alpha value is -2.74. The number of hydrogen-bond donors (Lipinski definition) is 1. The molecule has 0 saturated carbocycles. The number of hydrogen-bond acceptors (Lipinski definition) is 6. The zero-order chi connectivity index (χ0) is 18.4. The lowest BCUT2D eigenvalue weighted by molar-refractivity contribution is 0.180. The van der Waals surface area contributed by atoms with Gasteiger partial charge in [0.05, 0.1) is 30.6 Å². The monoisotopic (exact) mass is 355 g/mol. The Balaban J connectivity index is 1.86. The molecule has 1 unspecified atom stereocenters. The van der Waals surface area contributed by atoms with Gasteiger partial charge >= 0.3 is 0 Å². The van der Waals surface area contributed by atoms with Crippen molar-refractivity contribution >= 4 is 5.69 Å². The molecule has 3 rings (SSSR count). The van der Waals surface area contributed by atoms with Crippen molar-refractivity contribution in [3.63, 3.8) is 0 Å². The third-order valence-electron chi connectivity index (χ3n) is 4.41. The normalized spacial score (nSPS) is 13.5. The Morgan fingerprint density at radius 3 is 2.73 bits per heavy atom. The van der Waals surface area contributed by atoms with E-state index in [-0.39, 0.29) is 0 Å². The Labute approximate surface area is 153 Å². The molecule has 0 bridgehead atoms. The van der Waals surface area contributed by atoms with Gasteiger partial charge in [0.1, 0.15) is 0 Å². The van der Waals surface area contributed by atoms with Crippen LogP contribution in [0.3, 0.4) is 0 Å². The van der Waals surface area contributed by atoms with Gasteiger partial charge in [-0.3, -0.25) is 4.68 Å². The Morgan fingerprint density at radius 2 is 2.04 bits per heavy atom. The lowest BCUT2D eigenvalue weighted by Gasteiger charge is -2.30. The number of methoxy groups -OCH3 is 1. The zero-order valence-electron chi connectivity index (χ0n) is 15.5. The maximum absolute atomic E-state index is 5.18. The fourth-order valence-electron chi connectivity index (χ4n) is 3.00. The predicted molar refractivity (Wildman–Crippen MR) is 98.6 cm³/mol. The van der Waals surface area contributed by atoms with E-state index in [1.165, 1.54) is 5.56 Å². The van der Waals surface area contributed by atoms with Gasteiger partial charge in [-0.1, -0.05) is 30.3 Å². The summed E-state index contributed by atoms with van der Waals surface area (Å²) >= 11 is 0. The summed E-state index contributed by atoms with van der Waals surface area (Å²) in [5, 5.41) is 20.2. The highest BCUT2D eigenvalue weighted by molar-refractivity contribution is 5.42. The summed E-state index contributed by atoms with van der Waals surface area (Å²) in [7, 11) is 3.57. The maximum atomic E-state index is 5.18. The predicted octanol–water partition coefficient (Wildman–Crippen LogP) is 2.01. The van der Waals surface area contributed by atoms with Crippen LogP contribution in [0.4, 0.5) is 5.69 Å². The molecule has 138 valence electrons. The molecule has 0 aliphatic carbocycles. The number of rotatable bonds is 9. The lowest BCUT2D eigenvalue weighted by Crippen LogP contribution is -2.36. The average molecular weight is 355 g/mol. The van der Waals surface area contributed by atoms with Crippen LogP contribution < -0.4 is 5.32 Å². The van der Waals surface area contributed by atoms with Crippen LogP contribution in [0.5, 0.6) is 0 Å². The molecular weight excluding hydrogens is 330 g/mol. The molecular formula is C18H25N7O. The molecule has 0 amide bonds. The van der Waals surface area contributed by atoms with E-state index in [2.05, 4.69) is 57.1 Å². The summed E-state index contributed by atoms with van der Waals surface area (Å²) < 4.78 is 8.76. The van der Waals surface area contributed by atoms with E-state index in [9.17, 15) is 0 Å². The number of benzene rings is 1. The van der Waals surface area contributed by atoms with Gasteiger partial charge in [-0.05, 0) is 35.8 Å². The van der Waals surface area contributed by atoms with E-state index in [1.54, 1.807) is 16.5 Å². The fraction of sp³-hybridized carbons (Fsp3) is 0.444. The Bertz CT molecular complexity index is 814. The summed E-state index contributed by atoms with van der Waals surface area (Å²) in [5.74, 6) is 0.786. The standard InChI is InChI=1S/C18H25N7O/c1-18(20-16-13-19-24(2)14-16,10-9-15-7-5-4-6-8-15)17-21-22-23-25(17)11-12-26-3/h4-8,13-14,20H,9-12H2,1-3H3. The zero-order valence-corrected chi connectivity index (χ0v) is 15.5. The molecule has 3 aromatic rings. The van der Waals surface area contributed by atoms with Crippen LogP contribution in [0.15, 0.2) is 42.7 Å². The number of nitrogens with zero attached hydrogens (tertiary/aromatic N) is 6. The van der Waals surface area contributed by atoms with Gasteiger partial charge in [-0.2, -0.15) is 5.10 Å². The largest absolute Gasteiger partial charge is 0.383 e. The molecule has 0 aliphatic heterocycles. The molecule has 2 aromatic heterocycles. The Kier molecular flexibility index (Phi) is 5.62. The van der Waals surface area contributed by atoms with Gasteiger partial charge < -0.3 is 10.1 Å². The molecule has 1 aromatic carbocycles. The van der Waals surface area contributed by atoms with Crippen LogP contribution in [-0.4, -0.2) is 43.7 Å². The van der Waals surface area contributed by atoms with Crippen LogP contribution in [-0.2, 0) is 30.3 Å². The van der Waals surface area contributed by atoms with Crippen LogP contribution >= 0.6 is 0 Å². The SMILES string of the molecule is COCCn1nnnc1C(C)(CCc1ccccc1)Nc1cnn(C)c1. The summed E-state index contributed by atoms with van der Waals surface area (Å²) in [6, 6.07) is 10.4. The first-order chi connectivity index (χ1) is 12.6. The van der Waals surface area contributed by atoms with Crippen molar-refractivity contribution < 1.29 is 4.74 Å². The van der Waals surface area contributed by atoms with Gasteiger partial charge in [0.2, 0.25) is 0 Å². The van der Waals surface area contributed by atoms with Gasteiger partial charge in [0.25, 0.3) is 0 Å². The molecule has 0 radical (unpaired) electrons. The molecule has 1 atom stereocenters. The number of aryl methyl sites for hydroxylation is 2. The first kappa shape index (κ1) is 18.1. The minimum absolute atomic E-state index is 0.448. The quantitative estimate of drug-likeness (QED) is 0.632. The molecule has 26 heavy (non-hydrogen) atoms. The van der Waals surface area contributed by atoms with Crippen LogP contribution in [0.25, 0.3) is 0 Å². The van der Waals surface area contributed by atoms with E-state index in [1.807, 2.05) is 25.5 Å². The lowest BCUT2D eigenvalue weighted by atomic mass is 9.91. The van der Waals surface area contributed by atoms with Crippen LogP contribution in [0.1, 0.15) is 24.7 Å². The number of tetrazole rings is 1. The average Bonchev–Trinajstić information content (AvgIpc) is 3.28. The molecule has 2 heterocycles. The van der Waals surface area contributed by atoms with Crippen molar-refractivity contribution in [2.24, 2.45) is 7.05 Å². The molecule has 8 nitrogen and oxygen atoms in total. The molecule has 1 N–H and O–H groups in total. The molecule has 0 saturated heterocycles. The van der Waals surface area contributed by atoms with Gasteiger partial charge in [-0.15, -0.1) is 5.10 Å². The van der Waals surface area contributed by atoms with Gasteiger partial charge in [0, 0.05) is 20.4 Å². The molecule has 8 heteroatoms. The fourth-order valence-corrected chi connectivity index (χ4v) is 3.00. The topological polar surface area (TPSA) is 82.7 Å². The summed E-state index contributed by atoms with van der Waals surface area (Å²) in [6.45, 7) is 3.28. The van der Waals surface area contributed by atoms with Crippen molar-refractivity contribution in [2.45, 2.75) is 31.8 Å². The highest BCUT2D eigenvalue weighted by Crippen LogP contribution is 2.29. The van der Waals surface area contributed by atoms with Gasteiger partial charge in [-0.25, -0.2) is 4.68 Å². The molecule has 0 fully saturated rings. The minimum atomic E-state index is -0.448. The van der Waals surface area contributed by atoms with E-state index in [0.717, 1.165) is 24.4 Å². The van der Waals surface area contributed by atoms with Crippen molar-refractivity contribution in [3.8, 4) is 0 Å². The third kappa shape index (κ3) is 4.26. The van der Waals surface area contributed by atoms with Crippen molar-refractivity contribution in [2.75, 3.05) is 19.0 Å². The smallest absolute Gasteiger partial charge is 0.176 e. The number of anilines is 1. The van der Waals surface area contributed by atoms with Crippen molar-refractivity contribution in [1.29, 1.82) is 0 Å². The van der Waals surface area contributed by atoms with E-state index < -0.39 is 5.54 Å². The minimum Gasteiger partial charge on any atom is -0.383 e. The van der Waals surface area contributed by atoms with E-state index in [0.29, 0.717) is 13.2 Å². The highest BCUT2D eigenvalue weighted by atomic mass is 16.5. The summed E-state index contributed by atoms with van der Waals surface area (Å²) in [5.41, 5.74) is 1.77. The maximum Gasteiger partial charge on any atom is 0.176 e. The van der Waals surface area contributed by atoms with Crippen molar-refractivity contribution in [1.82, 2.24) is 30.0 Å². The summed E-state index contributed by atoms with van der Waals surface area (Å²) in [4.78, 5) is 0. The third-order valence-corrected chi connectivity index (χ3v) is 4.41. The first-order valence-corrected chi connectivity index (χ1v) is 8.67. The number of ether oxygens (including phenoxy) is 1. The molecule has 0 aliphatic rings. The molecule has 0 spiro atoms. The summed E-state index contributed by atoms with van der Waals surface area (Å²) in [6.07, 6.45) is 5.50. The van der Waals surface area contributed by atoms with Crippen LogP contribution in [0.2, 0.25) is 0 Å².